The van der Waals surface area contributed by atoms with Crippen LogP contribution in [0.15, 0.2) is 22.7 Å². The van der Waals surface area contributed by atoms with Crippen LogP contribution in [0.5, 0.6) is 0 Å². The number of amides is 1. The standard InChI is InChI=1S/C19H28BFN2O7/c1-10-4-11(2-3-20(28)29)17(25)16(19(26)27)18(10)30-14-8-23(9-14)15(24)6-13-5-12(21)7-22-13/h10,12-14,22,25,28-29H,2-9H2,1H3,(H,26,27)/t10?,12-,13-/m0/s1. The Hall–Kier alpha value is -2.11. The van der Waals surface area contributed by atoms with Crippen molar-refractivity contribution in [2.75, 3.05) is 19.6 Å². The van der Waals surface area contributed by atoms with Gasteiger partial charge in [0.15, 0.2) is 0 Å². The zero-order valence-corrected chi connectivity index (χ0v) is 16.9. The van der Waals surface area contributed by atoms with Crippen LogP contribution in [0.25, 0.3) is 0 Å². The highest BCUT2D eigenvalue weighted by Crippen LogP contribution is 2.37. The lowest BCUT2D eigenvalue weighted by atomic mass is 9.78. The predicted molar refractivity (Wildman–Crippen MR) is 105 cm³/mol. The van der Waals surface area contributed by atoms with Crippen LogP contribution in [0, 0.1) is 5.92 Å². The number of nitrogens with one attached hydrogen (secondary N) is 1. The first-order valence-corrected chi connectivity index (χ1v) is 10.2. The summed E-state index contributed by atoms with van der Waals surface area (Å²) in [7, 11) is -1.54. The summed E-state index contributed by atoms with van der Waals surface area (Å²) in [4.78, 5) is 25.6. The first-order chi connectivity index (χ1) is 14.2. The monoisotopic (exact) mass is 426 g/mol. The Morgan fingerprint density at radius 3 is 2.60 bits per heavy atom. The summed E-state index contributed by atoms with van der Waals surface area (Å²) >= 11 is 0. The third-order valence-electron chi connectivity index (χ3n) is 5.82. The maximum absolute atomic E-state index is 13.2. The SMILES string of the molecule is CC1CC(CCB(O)O)=C(O)C(C(=O)O)=C1OC1CN(C(=O)C[C@@H]2C[C@H](F)CN2)C1. The third-order valence-corrected chi connectivity index (χ3v) is 5.82. The van der Waals surface area contributed by atoms with Crippen molar-refractivity contribution in [2.45, 2.75) is 57.2 Å². The smallest absolute Gasteiger partial charge is 0.451 e. The first-order valence-electron chi connectivity index (χ1n) is 10.2. The van der Waals surface area contributed by atoms with Gasteiger partial charge >= 0.3 is 13.1 Å². The fourth-order valence-electron chi connectivity index (χ4n) is 4.17. The van der Waals surface area contributed by atoms with Gasteiger partial charge in [-0.2, -0.15) is 0 Å². The highest BCUT2D eigenvalue weighted by atomic mass is 19.1. The molecule has 0 aromatic carbocycles. The van der Waals surface area contributed by atoms with Crippen LogP contribution in [0.1, 0.15) is 32.6 Å². The summed E-state index contributed by atoms with van der Waals surface area (Å²) in [6, 6.07) is -0.162. The minimum Gasteiger partial charge on any atom is -0.507 e. The number of alkyl halides is 1. The zero-order chi connectivity index (χ0) is 22.0. The van der Waals surface area contributed by atoms with E-state index in [4.69, 9.17) is 14.8 Å². The average Bonchev–Trinajstić information content (AvgIpc) is 3.02. The van der Waals surface area contributed by atoms with Crippen LogP contribution in [0.4, 0.5) is 4.39 Å². The maximum atomic E-state index is 13.2. The number of nitrogens with zero attached hydrogens (tertiary/aromatic N) is 1. The van der Waals surface area contributed by atoms with Crippen molar-refractivity contribution in [3.8, 4) is 0 Å². The summed E-state index contributed by atoms with van der Waals surface area (Å²) in [5.74, 6) is -1.96. The van der Waals surface area contributed by atoms with Gasteiger partial charge in [-0.1, -0.05) is 6.92 Å². The lowest BCUT2D eigenvalue weighted by Gasteiger charge is -2.41. The predicted octanol–water partition coefficient (Wildman–Crippen LogP) is 0.357. The van der Waals surface area contributed by atoms with Gasteiger partial charge in [-0.15, -0.1) is 0 Å². The summed E-state index contributed by atoms with van der Waals surface area (Å²) in [5, 5.41) is 41.1. The summed E-state index contributed by atoms with van der Waals surface area (Å²) in [6.45, 7) is 2.66. The minimum atomic E-state index is -1.54. The Morgan fingerprint density at radius 1 is 1.33 bits per heavy atom. The number of halogens is 1. The van der Waals surface area contributed by atoms with Crippen molar-refractivity contribution < 1.29 is 39.0 Å². The Bertz CT molecular complexity index is 751. The van der Waals surface area contributed by atoms with E-state index in [1.54, 1.807) is 11.8 Å². The van der Waals surface area contributed by atoms with Crippen molar-refractivity contribution in [2.24, 2.45) is 5.92 Å². The molecule has 5 N–H and O–H groups in total. The molecule has 0 radical (unpaired) electrons. The van der Waals surface area contributed by atoms with Crippen LogP contribution >= 0.6 is 0 Å². The Morgan fingerprint density at radius 2 is 2.03 bits per heavy atom. The number of hydrogen-bond donors (Lipinski definition) is 5. The molecule has 3 atom stereocenters. The lowest BCUT2D eigenvalue weighted by molar-refractivity contribution is -0.144. The largest absolute Gasteiger partial charge is 0.507 e. The highest BCUT2D eigenvalue weighted by molar-refractivity contribution is 6.41. The van der Waals surface area contributed by atoms with Gasteiger partial charge in [-0.3, -0.25) is 4.79 Å². The molecule has 0 spiro atoms. The molecular weight excluding hydrogens is 398 g/mol. The van der Waals surface area contributed by atoms with Gasteiger partial charge < -0.3 is 35.2 Å². The molecule has 3 aliphatic rings. The molecule has 30 heavy (non-hydrogen) atoms. The van der Waals surface area contributed by atoms with Gasteiger partial charge in [-0.25, -0.2) is 9.18 Å². The van der Waals surface area contributed by atoms with E-state index < -0.39 is 25.0 Å². The molecule has 0 aromatic rings. The fourth-order valence-corrected chi connectivity index (χ4v) is 4.17. The quantitative estimate of drug-likeness (QED) is 0.351. The topological polar surface area (TPSA) is 140 Å². The van der Waals surface area contributed by atoms with E-state index in [9.17, 15) is 24.2 Å². The molecule has 2 fully saturated rings. The van der Waals surface area contributed by atoms with Gasteiger partial charge in [0.2, 0.25) is 5.91 Å². The number of carboxylic acids is 1. The molecule has 2 heterocycles. The molecule has 9 nitrogen and oxygen atoms in total. The minimum absolute atomic E-state index is 0.00605. The van der Waals surface area contributed by atoms with Gasteiger partial charge in [0.1, 0.15) is 29.4 Å². The number of hydrogen-bond acceptors (Lipinski definition) is 7. The maximum Gasteiger partial charge on any atom is 0.451 e. The second kappa shape index (κ2) is 9.36. The van der Waals surface area contributed by atoms with E-state index in [1.165, 1.54) is 0 Å². The van der Waals surface area contributed by atoms with E-state index in [-0.39, 0.29) is 61.0 Å². The van der Waals surface area contributed by atoms with Gasteiger partial charge in [0, 0.05) is 24.9 Å². The van der Waals surface area contributed by atoms with Crippen molar-refractivity contribution in [1.29, 1.82) is 0 Å². The van der Waals surface area contributed by atoms with E-state index in [2.05, 4.69) is 5.32 Å². The van der Waals surface area contributed by atoms with Crippen LogP contribution in [0.2, 0.25) is 6.32 Å². The molecule has 2 aliphatic heterocycles. The van der Waals surface area contributed by atoms with Gasteiger partial charge in [0.05, 0.1) is 13.1 Å². The first kappa shape index (κ1) is 22.6. The number of likely N-dealkylation sites (tertiary alicyclic amines) is 1. The second-order valence-corrected chi connectivity index (χ2v) is 8.30. The number of carbonyl (C=O) groups excluding carboxylic acids is 1. The zero-order valence-electron chi connectivity index (χ0n) is 16.9. The van der Waals surface area contributed by atoms with Crippen LogP contribution in [-0.4, -0.2) is 82.1 Å². The summed E-state index contributed by atoms with van der Waals surface area (Å²) in [6.07, 6.45) is -0.247. The van der Waals surface area contributed by atoms with Crippen LogP contribution < -0.4 is 5.32 Å². The Balaban J connectivity index is 1.61. The van der Waals surface area contributed by atoms with Gasteiger partial charge in [-0.05, 0) is 31.2 Å². The molecule has 0 bridgehead atoms. The van der Waals surface area contributed by atoms with Crippen LogP contribution in [0.3, 0.4) is 0 Å². The number of aliphatic hydroxyl groups excluding tert-OH is 1. The molecule has 166 valence electrons. The number of carbonyl (C=O) groups is 2. The Kier molecular flexibility index (Phi) is 7.04. The molecule has 1 unspecified atom stereocenters. The molecule has 0 saturated carbocycles. The van der Waals surface area contributed by atoms with Crippen molar-refractivity contribution in [3.05, 3.63) is 22.7 Å². The molecule has 0 aromatic heterocycles. The molecule has 1 amide bonds. The number of rotatable bonds is 8. The van der Waals surface area contributed by atoms with E-state index in [0.717, 1.165) is 0 Å². The third kappa shape index (κ3) is 5.14. The second-order valence-electron chi connectivity index (χ2n) is 8.30. The van der Waals surface area contributed by atoms with Crippen molar-refractivity contribution in [1.82, 2.24) is 10.2 Å². The molecular formula is C19H28BFN2O7. The number of aliphatic hydroxyl groups is 1. The van der Waals surface area contributed by atoms with Crippen molar-refractivity contribution >= 4 is 19.0 Å². The summed E-state index contributed by atoms with van der Waals surface area (Å²) in [5.41, 5.74) is 0.131. The van der Waals surface area contributed by atoms with Gasteiger partial charge in [0.25, 0.3) is 0 Å². The number of aliphatic carboxylic acids is 1. The molecule has 2 saturated heterocycles. The average molecular weight is 426 g/mol. The molecule has 11 heteroatoms. The summed E-state index contributed by atoms with van der Waals surface area (Å²) < 4.78 is 19.1. The number of allylic oxidation sites excluding steroid dienone is 2. The lowest BCUT2D eigenvalue weighted by Crippen LogP contribution is -2.55. The molecule has 1 aliphatic carbocycles. The van der Waals surface area contributed by atoms with Crippen LogP contribution in [-0.2, 0) is 14.3 Å². The van der Waals surface area contributed by atoms with E-state index >= 15 is 0 Å². The normalized spacial score (nSPS) is 27.3. The number of ether oxygens (including phenoxy) is 1. The van der Waals surface area contributed by atoms with E-state index in [0.29, 0.717) is 31.5 Å². The van der Waals surface area contributed by atoms with Crippen molar-refractivity contribution in [3.63, 3.8) is 0 Å². The van der Waals surface area contributed by atoms with E-state index in [1.807, 2.05) is 0 Å². The Labute approximate surface area is 174 Å². The fraction of sp³-hybridized carbons (Fsp3) is 0.684. The highest BCUT2D eigenvalue weighted by Gasteiger charge is 2.39. The number of carboxylic acid groups (broad SMARTS) is 1. The molecule has 3 rings (SSSR count).